The van der Waals surface area contributed by atoms with Gasteiger partial charge in [0.05, 0.1) is 18.5 Å². The molecule has 1 saturated heterocycles. The van der Waals surface area contributed by atoms with Gasteiger partial charge in [-0.15, -0.1) is 0 Å². The Morgan fingerprint density at radius 3 is 3.00 bits per heavy atom. The lowest BCUT2D eigenvalue weighted by atomic mass is 10.1. The Bertz CT molecular complexity index is 467. The number of nitrogens with one attached hydrogen (secondary N) is 1. The third kappa shape index (κ3) is 2.85. The van der Waals surface area contributed by atoms with Crippen molar-refractivity contribution in [3.8, 4) is 6.07 Å². The highest BCUT2D eigenvalue weighted by Crippen LogP contribution is 2.26. The molecule has 1 aromatic rings. The van der Waals surface area contributed by atoms with Crippen molar-refractivity contribution in [3.63, 3.8) is 0 Å². The summed E-state index contributed by atoms with van der Waals surface area (Å²) in [6, 6.07) is 9.41. The Labute approximate surface area is 117 Å². The molecule has 3 nitrogen and oxygen atoms in total. The Morgan fingerprint density at radius 1 is 1.56 bits per heavy atom. The lowest BCUT2D eigenvalue weighted by Crippen LogP contribution is -2.55. The highest BCUT2D eigenvalue weighted by molar-refractivity contribution is 9.10. The first-order chi connectivity index (χ1) is 8.61. The molecule has 4 heteroatoms. The first-order valence-electron chi connectivity index (χ1n) is 6.25. The summed E-state index contributed by atoms with van der Waals surface area (Å²) >= 11 is 3.53. The average molecular weight is 308 g/mol. The molecule has 1 aliphatic rings. The maximum atomic E-state index is 8.94. The van der Waals surface area contributed by atoms with Crippen LogP contribution in [0.2, 0.25) is 0 Å². The summed E-state index contributed by atoms with van der Waals surface area (Å²) in [4.78, 5) is 2.35. The van der Waals surface area contributed by atoms with Gasteiger partial charge in [0.25, 0.3) is 0 Å². The van der Waals surface area contributed by atoms with Gasteiger partial charge in [0.15, 0.2) is 0 Å². The Hall–Kier alpha value is -1.05. The number of anilines is 1. The second kappa shape index (κ2) is 5.73. The summed E-state index contributed by atoms with van der Waals surface area (Å²) in [7, 11) is 0. The van der Waals surface area contributed by atoms with Crippen LogP contribution >= 0.6 is 15.9 Å². The summed E-state index contributed by atoms with van der Waals surface area (Å²) in [6.45, 7) is 6.11. The molecular weight excluding hydrogens is 290 g/mol. The van der Waals surface area contributed by atoms with Gasteiger partial charge in [0, 0.05) is 29.3 Å². The maximum absolute atomic E-state index is 8.94. The van der Waals surface area contributed by atoms with Gasteiger partial charge >= 0.3 is 0 Å². The van der Waals surface area contributed by atoms with Crippen LogP contribution < -0.4 is 10.2 Å². The average Bonchev–Trinajstić information content (AvgIpc) is 2.35. The number of hydrogen-bond donors (Lipinski definition) is 1. The predicted molar refractivity (Wildman–Crippen MR) is 77.7 cm³/mol. The van der Waals surface area contributed by atoms with Crippen molar-refractivity contribution in [2.24, 2.45) is 0 Å². The van der Waals surface area contributed by atoms with Crippen LogP contribution in [0.15, 0.2) is 22.7 Å². The largest absolute Gasteiger partial charge is 0.365 e. The van der Waals surface area contributed by atoms with E-state index in [2.05, 4.69) is 64.3 Å². The zero-order chi connectivity index (χ0) is 13.1. The quantitative estimate of drug-likeness (QED) is 0.913. The van der Waals surface area contributed by atoms with Gasteiger partial charge in [-0.25, -0.2) is 0 Å². The topological polar surface area (TPSA) is 39.1 Å². The Kier molecular flexibility index (Phi) is 4.26. The maximum Gasteiger partial charge on any atom is 0.0643 e. The minimum absolute atomic E-state index is 0.270. The number of halogens is 1. The molecule has 1 heterocycles. The lowest BCUT2D eigenvalue weighted by molar-refractivity contribution is 0.412. The molecule has 0 radical (unpaired) electrons. The monoisotopic (exact) mass is 307 g/mol. The van der Waals surface area contributed by atoms with E-state index in [0.29, 0.717) is 12.5 Å². The Balaban J connectivity index is 2.26. The molecule has 2 rings (SSSR count). The summed E-state index contributed by atoms with van der Waals surface area (Å²) < 4.78 is 1.13. The molecule has 0 amide bonds. The molecule has 0 spiro atoms. The molecule has 0 aromatic heterocycles. The molecule has 0 aliphatic carbocycles. The summed E-state index contributed by atoms with van der Waals surface area (Å²) in [5, 5.41) is 12.4. The minimum Gasteiger partial charge on any atom is -0.365 e. The van der Waals surface area contributed by atoms with Gasteiger partial charge in [-0.1, -0.05) is 15.9 Å². The molecule has 1 aromatic carbocycles. The number of hydrogen-bond acceptors (Lipinski definition) is 3. The van der Waals surface area contributed by atoms with Crippen molar-refractivity contribution in [2.45, 2.75) is 32.4 Å². The Morgan fingerprint density at radius 2 is 2.33 bits per heavy atom. The van der Waals surface area contributed by atoms with Gasteiger partial charge < -0.3 is 10.2 Å². The standard InChI is InChI=1S/C14H18BrN3/c1-10-7-12(3-4-14(10)15)18-9-11(2)17-8-13(18)5-6-16/h3-4,7,11,13,17H,5,8-9H2,1-2H3. The van der Waals surface area contributed by atoms with E-state index in [9.17, 15) is 0 Å². The van der Waals surface area contributed by atoms with E-state index in [1.165, 1.54) is 11.3 Å². The number of nitrogens with zero attached hydrogens (tertiary/aromatic N) is 2. The van der Waals surface area contributed by atoms with E-state index in [1.807, 2.05) is 0 Å². The third-order valence-corrected chi connectivity index (χ3v) is 4.30. The molecule has 2 atom stereocenters. The van der Waals surface area contributed by atoms with Crippen LogP contribution in [0.3, 0.4) is 0 Å². The van der Waals surface area contributed by atoms with Gasteiger partial charge in [0.2, 0.25) is 0 Å². The van der Waals surface area contributed by atoms with Gasteiger partial charge in [0.1, 0.15) is 0 Å². The van der Waals surface area contributed by atoms with Gasteiger partial charge in [-0.3, -0.25) is 0 Å². The normalized spacial score (nSPS) is 23.8. The minimum atomic E-state index is 0.270. The molecule has 1 fully saturated rings. The van der Waals surface area contributed by atoms with Crippen molar-refractivity contribution < 1.29 is 0 Å². The van der Waals surface area contributed by atoms with Crippen LogP contribution in [0.1, 0.15) is 18.9 Å². The number of nitriles is 1. The van der Waals surface area contributed by atoms with Crippen LogP contribution in [0, 0.1) is 18.3 Å². The van der Waals surface area contributed by atoms with Gasteiger partial charge in [-0.05, 0) is 37.6 Å². The van der Waals surface area contributed by atoms with E-state index in [1.54, 1.807) is 0 Å². The molecule has 0 saturated carbocycles. The molecule has 96 valence electrons. The van der Waals surface area contributed by atoms with Crippen LogP contribution in [0.25, 0.3) is 0 Å². The predicted octanol–water partition coefficient (Wildman–Crippen LogP) is 2.84. The first kappa shape index (κ1) is 13.4. The zero-order valence-electron chi connectivity index (χ0n) is 10.8. The SMILES string of the molecule is Cc1cc(N2CC(C)NCC2CC#N)ccc1Br. The molecule has 18 heavy (non-hydrogen) atoms. The van der Waals surface area contributed by atoms with Crippen LogP contribution in [0.4, 0.5) is 5.69 Å². The van der Waals surface area contributed by atoms with Gasteiger partial charge in [-0.2, -0.15) is 5.26 Å². The summed E-state index contributed by atoms with van der Waals surface area (Å²) in [6.07, 6.45) is 0.564. The van der Waals surface area contributed by atoms with Crippen LogP contribution in [-0.4, -0.2) is 25.2 Å². The lowest BCUT2D eigenvalue weighted by Gasteiger charge is -2.40. The van der Waals surface area contributed by atoms with E-state index in [0.717, 1.165) is 17.6 Å². The van der Waals surface area contributed by atoms with Crippen molar-refractivity contribution in [1.82, 2.24) is 5.32 Å². The van der Waals surface area contributed by atoms with Crippen LogP contribution in [-0.2, 0) is 0 Å². The fraction of sp³-hybridized carbons (Fsp3) is 0.500. The summed E-state index contributed by atoms with van der Waals surface area (Å²) in [5.74, 6) is 0. The van der Waals surface area contributed by atoms with E-state index < -0.39 is 0 Å². The van der Waals surface area contributed by atoms with E-state index >= 15 is 0 Å². The highest BCUT2D eigenvalue weighted by atomic mass is 79.9. The zero-order valence-corrected chi connectivity index (χ0v) is 12.4. The molecule has 2 unspecified atom stereocenters. The van der Waals surface area contributed by atoms with Crippen molar-refractivity contribution >= 4 is 21.6 Å². The molecule has 1 N–H and O–H groups in total. The van der Waals surface area contributed by atoms with E-state index in [4.69, 9.17) is 5.26 Å². The van der Waals surface area contributed by atoms with E-state index in [-0.39, 0.29) is 6.04 Å². The first-order valence-corrected chi connectivity index (χ1v) is 7.04. The summed E-state index contributed by atoms with van der Waals surface area (Å²) in [5.41, 5.74) is 2.44. The van der Waals surface area contributed by atoms with Crippen molar-refractivity contribution in [3.05, 3.63) is 28.2 Å². The molecule has 0 bridgehead atoms. The number of benzene rings is 1. The fourth-order valence-corrected chi connectivity index (χ4v) is 2.61. The highest BCUT2D eigenvalue weighted by Gasteiger charge is 2.25. The van der Waals surface area contributed by atoms with Crippen LogP contribution in [0.5, 0.6) is 0 Å². The second-order valence-corrected chi connectivity index (χ2v) is 5.77. The number of piperazine rings is 1. The second-order valence-electron chi connectivity index (χ2n) is 4.91. The van der Waals surface area contributed by atoms with Crippen molar-refractivity contribution in [1.29, 1.82) is 5.26 Å². The number of aryl methyl sites for hydroxylation is 1. The molecule has 1 aliphatic heterocycles. The smallest absolute Gasteiger partial charge is 0.0643 e. The fourth-order valence-electron chi connectivity index (χ4n) is 2.37. The molecular formula is C14H18BrN3. The van der Waals surface area contributed by atoms with Crippen molar-refractivity contribution in [2.75, 3.05) is 18.0 Å². The third-order valence-electron chi connectivity index (χ3n) is 3.41. The number of rotatable bonds is 2.